The average Bonchev–Trinajstić information content (AvgIpc) is 2.41. The zero-order valence-electron chi connectivity index (χ0n) is 14.1. The molecule has 0 saturated carbocycles. The van der Waals surface area contributed by atoms with Crippen molar-refractivity contribution in [3.63, 3.8) is 0 Å². The Morgan fingerprint density at radius 1 is 1.14 bits per heavy atom. The lowest BCUT2D eigenvalue weighted by Crippen LogP contribution is -2.42. The standard InChI is InChI=1S/C15H29N3O3S/c1-6-10(4)18-15(21)13(7-14(20)17-9(2)3)22-8-12(16)11(5)19/h9-10,12-13H,6-8,16H2,1-5H3,(H,17,20)(H,18,21). The van der Waals surface area contributed by atoms with Gasteiger partial charge in [0.25, 0.3) is 0 Å². The van der Waals surface area contributed by atoms with Gasteiger partial charge in [-0.05, 0) is 34.1 Å². The molecule has 0 aliphatic heterocycles. The Morgan fingerprint density at radius 2 is 1.73 bits per heavy atom. The maximum absolute atomic E-state index is 12.3. The van der Waals surface area contributed by atoms with Crippen LogP contribution in [0.5, 0.6) is 0 Å². The van der Waals surface area contributed by atoms with Gasteiger partial charge < -0.3 is 16.4 Å². The number of carbonyl (C=O) groups is 3. The molecular weight excluding hydrogens is 302 g/mol. The van der Waals surface area contributed by atoms with E-state index in [0.29, 0.717) is 5.75 Å². The van der Waals surface area contributed by atoms with Crippen molar-refractivity contribution < 1.29 is 14.4 Å². The summed E-state index contributed by atoms with van der Waals surface area (Å²) in [5.41, 5.74) is 5.70. The number of ketones is 1. The largest absolute Gasteiger partial charge is 0.354 e. The minimum absolute atomic E-state index is 0.0234. The van der Waals surface area contributed by atoms with Crippen LogP contribution in [0.2, 0.25) is 0 Å². The van der Waals surface area contributed by atoms with Gasteiger partial charge in [-0.15, -0.1) is 11.8 Å². The van der Waals surface area contributed by atoms with Gasteiger partial charge in [0.1, 0.15) is 5.78 Å². The number of rotatable bonds is 10. The second-order valence-corrected chi connectivity index (χ2v) is 7.02. The predicted octanol–water partition coefficient (Wildman–Crippen LogP) is 0.834. The van der Waals surface area contributed by atoms with Crippen LogP contribution in [0.15, 0.2) is 0 Å². The SMILES string of the molecule is CCC(C)NC(=O)C(CC(=O)NC(C)C)SCC(N)C(C)=O. The molecule has 0 aliphatic carbocycles. The Labute approximate surface area is 137 Å². The van der Waals surface area contributed by atoms with Gasteiger partial charge in [0.15, 0.2) is 0 Å². The Morgan fingerprint density at radius 3 is 2.18 bits per heavy atom. The molecule has 0 rings (SSSR count). The van der Waals surface area contributed by atoms with Gasteiger partial charge >= 0.3 is 0 Å². The minimum atomic E-state index is -0.614. The Balaban J connectivity index is 4.71. The van der Waals surface area contributed by atoms with Gasteiger partial charge in [-0.2, -0.15) is 0 Å². The second-order valence-electron chi connectivity index (χ2n) is 5.78. The Bertz CT molecular complexity index is 388. The van der Waals surface area contributed by atoms with Gasteiger partial charge in [-0.1, -0.05) is 6.92 Å². The molecule has 0 aromatic rings. The average molecular weight is 331 g/mol. The highest BCUT2D eigenvalue weighted by Gasteiger charge is 2.25. The Hall–Kier alpha value is -1.08. The number of nitrogens with one attached hydrogen (secondary N) is 2. The molecule has 22 heavy (non-hydrogen) atoms. The molecule has 0 radical (unpaired) electrons. The number of Topliss-reactive ketones (excluding diaryl/α,β-unsaturated/α-hetero) is 1. The van der Waals surface area contributed by atoms with E-state index in [1.807, 2.05) is 27.7 Å². The number of hydrogen-bond acceptors (Lipinski definition) is 5. The van der Waals surface area contributed by atoms with Crippen LogP contribution in [0.1, 0.15) is 47.5 Å². The van der Waals surface area contributed by atoms with E-state index >= 15 is 0 Å². The Kier molecular flexibility index (Phi) is 10.1. The molecule has 0 heterocycles. The van der Waals surface area contributed by atoms with E-state index in [-0.39, 0.29) is 36.1 Å². The summed E-state index contributed by atoms with van der Waals surface area (Å²) in [6.45, 7) is 9.04. The molecule has 6 nitrogen and oxygen atoms in total. The molecular formula is C15H29N3O3S. The summed E-state index contributed by atoms with van der Waals surface area (Å²) in [5, 5.41) is 5.11. The van der Waals surface area contributed by atoms with Crippen molar-refractivity contribution in [1.82, 2.24) is 10.6 Å². The second kappa shape index (κ2) is 10.6. The van der Waals surface area contributed by atoms with Crippen molar-refractivity contribution in [2.45, 2.75) is 70.8 Å². The van der Waals surface area contributed by atoms with E-state index < -0.39 is 11.3 Å². The van der Waals surface area contributed by atoms with Crippen molar-refractivity contribution in [2.75, 3.05) is 5.75 Å². The van der Waals surface area contributed by atoms with E-state index in [4.69, 9.17) is 5.73 Å². The summed E-state index contributed by atoms with van der Waals surface area (Å²) >= 11 is 1.26. The van der Waals surface area contributed by atoms with Crippen LogP contribution < -0.4 is 16.4 Å². The first-order chi connectivity index (χ1) is 10.2. The lowest BCUT2D eigenvalue weighted by molar-refractivity contribution is -0.126. The highest BCUT2D eigenvalue weighted by molar-refractivity contribution is 8.00. The van der Waals surface area contributed by atoms with Crippen molar-refractivity contribution >= 4 is 29.4 Å². The van der Waals surface area contributed by atoms with Crippen LogP contribution in [0.25, 0.3) is 0 Å². The maximum Gasteiger partial charge on any atom is 0.233 e. The molecule has 3 atom stereocenters. The van der Waals surface area contributed by atoms with Crippen LogP contribution in [0.3, 0.4) is 0 Å². The molecule has 0 fully saturated rings. The molecule has 3 unspecified atom stereocenters. The molecule has 128 valence electrons. The third-order valence-electron chi connectivity index (χ3n) is 3.11. The molecule has 0 spiro atoms. The summed E-state index contributed by atoms with van der Waals surface area (Å²) in [4.78, 5) is 35.4. The molecule has 2 amide bonds. The van der Waals surface area contributed by atoms with Gasteiger partial charge in [0.05, 0.1) is 11.3 Å². The smallest absolute Gasteiger partial charge is 0.233 e. The zero-order valence-corrected chi connectivity index (χ0v) is 15.0. The molecule has 0 aromatic carbocycles. The molecule has 7 heteroatoms. The maximum atomic E-state index is 12.3. The monoisotopic (exact) mass is 331 g/mol. The third-order valence-corrected chi connectivity index (χ3v) is 4.45. The third kappa shape index (κ3) is 9.04. The predicted molar refractivity (Wildman–Crippen MR) is 90.7 cm³/mol. The summed E-state index contributed by atoms with van der Waals surface area (Å²) < 4.78 is 0. The fourth-order valence-corrected chi connectivity index (χ4v) is 2.71. The fourth-order valence-electron chi connectivity index (χ4n) is 1.55. The van der Waals surface area contributed by atoms with Crippen LogP contribution >= 0.6 is 11.8 Å². The topological polar surface area (TPSA) is 101 Å². The van der Waals surface area contributed by atoms with E-state index in [2.05, 4.69) is 10.6 Å². The van der Waals surface area contributed by atoms with Crippen molar-refractivity contribution in [1.29, 1.82) is 0 Å². The lowest BCUT2D eigenvalue weighted by atomic mass is 10.2. The van der Waals surface area contributed by atoms with E-state index in [9.17, 15) is 14.4 Å². The number of thioether (sulfide) groups is 1. The van der Waals surface area contributed by atoms with Gasteiger partial charge in [0.2, 0.25) is 11.8 Å². The van der Waals surface area contributed by atoms with Crippen molar-refractivity contribution in [2.24, 2.45) is 5.73 Å². The van der Waals surface area contributed by atoms with Crippen LogP contribution in [0.4, 0.5) is 0 Å². The highest BCUT2D eigenvalue weighted by Crippen LogP contribution is 2.17. The van der Waals surface area contributed by atoms with Gasteiger partial charge in [-0.3, -0.25) is 14.4 Å². The summed E-state index contributed by atoms with van der Waals surface area (Å²) in [6, 6.07) is -0.544. The molecule has 0 aromatic heterocycles. The highest BCUT2D eigenvalue weighted by atomic mass is 32.2. The molecule has 4 N–H and O–H groups in total. The number of carbonyl (C=O) groups excluding carboxylic acids is 3. The van der Waals surface area contributed by atoms with Crippen molar-refractivity contribution in [3.05, 3.63) is 0 Å². The van der Waals surface area contributed by atoms with Crippen LogP contribution in [-0.2, 0) is 14.4 Å². The quantitative estimate of drug-likeness (QED) is 0.550. The van der Waals surface area contributed by atoms with Crippen LogP contribution in [-0.4, -0.2) is 46.7 Å². The number of nitrogens with two attached hydrogens (primary N) is 1. The number of amides is 2. The summed E-state index contributed by atoms with van der Waals surface area (Å²) in [7, 11) is 0. The molecule has 0 saturated heterocycles. The fraction of sp³-hybridized carbons (Fsp3) is 0.800. The first-order valence-electron chi connectivity index (χ1n) is 7.64. The molecule has 0 bridgehead atoms. The van der Waals surface area contributed by atoms with Gasteiger partial charge in [-0.25, -0.2) is 0 Å². The normalized spacial score (nSPS) is 15.0. The van der Waals surface area contributed by atoms with Crippen LogP contribution in [0, 0.1) is 0 Å². The summed E-state index contributed by atoms with van der Waals surface area (Å²) in [5.74, 6) is -0.166. The summed E-state index contributed by atoms with van der Waals surface area (Å²) in [6.07, 6.45) is 0.893. The van der Waals surface area contributed by atoms with Gasteiger partial charge in [0, 0.05) is 24.3 Å². The zero-order chi connectivity index (χ0) is 17.3. The van der Waals surface area contributed by atoms with Crippen molar-refractivity contribution in [3.8, 4) is 0 Å². The van der Waals surface area contributed by atoms with E-state index in [0.717, 1.165) is 6.42 Å². The lowest BCUT2D eigenvalue weighted by Gasteiger charge is -2.20. The number of hydrogen-bond donors (Lipinski definition) is 3. The minimum Gasteiger partial charge on any atom is -0.354 e. The van der Waals surface area contributed by atoms with E-state index in [1.54, 1.807) is 0 Å². The molecule has 0 aliphatic rings. The first kappa shape index (κ1) is 20.9. The van der Waals surface area contributed by atoms with E-state index in [1.165, 1.54) is 18.7 Å². The first-order valence-corrected chi connectivity index (χ1v) is 8.69.